The Hall–Kier alpha value is 0.0600. The second kappa shape index (κ2) is 4.97. The smallest absolute Gasteiger partial charge is 0.265 e. The van der Waals surface area contributed by atoms with E-state index in [2.05, 4.69) is 25.9 Å². The van der Waals surface area contributed by atoms with Crippen molar-refractivity contribution in [1.29, 1.82) is 0 Å². The van der Waals surface area contributed by atoms with Gasteiger partial charge >= 0.3 is 0 Å². The monoisotopic (exact) mass is 332 g/mol. The minimum absolute atomic E-state index is 0.0203. The van der Waals surface area contributed by atoms with Gasteiger partial charge in [-0.25, -0.2) is 4.98 Å². The highest BCUT2D eigenvalue weighted by atomic mass is 79.9. The molecule has 3 nitrogen and oxygen atoms in total. The number of aromatic amines is 1. The Bertz CT molecular complexity index is 481. The van der Waals surface area contributed by atoms with E-state index in [9.17, 15) is 4.79 Å². The SMILES string of the molecule is O=c1[nH]c(C2CSCCS2)nc(C2CC2)c1Br. The van der Waals surface area contributed by atoms with Crippen LogP contribution in [0.25, 0.3) is 0 Å². The topological polar surface area (TPSA) is 45.8 Å². The number of rotatable bonds is 2. The molecule has 1 saturated heterocycles. The van der Waals surface area contributed by atoms with Gasteiger partial charge in [-0.3, -0.25) is 4.79 Å². The highest BCUT2D eigenvalue weighted by Crippen LogP contribution is 2.42. The molecule has 92 valence electrons. The Kier molecular flexibility index (Phi) is 3.54. The number of H-pyrrole nitrogens is 1. The molecular weight excluding hydrogens is 320 g/mol. The average Bonchev–Trinajstić information content (AvgIpc) is 3.18. The van der Waals surface area contributed by atoms with E-state index in [4.69, 9.17) is 0 Å². The molecule has 0 bridgehead atoms. The van der Waals surface area contributed by atoms with Crippen molar-refractivity contribution in [3.8, 4) is 0 Å². The third-order valence-electron chi connectivity index (χ3n) is 2.99. The first-order valence-corrected chi connectivity index (χ1v) is 8.74. The van der Waals surface area contributed by atoms with Crippen LogP contribution in [0.4, 0.5) is 0 Å². The second-order valence-electron chi connectivity index (χ2n) is 4.36. The molecule has 0 radical (unpaired) electrons. The fraction of sp³-hybridized carbons (Fsp3) is 0.636. The third kappa shape index (κ3) is 2.58. The Morgan fingerprint density at radius 3 is 2.82 bits per heavy atom. The first-order chi connectivity index (χ1) is 8.25. The lowest BCUT2D eigenvalue weighted by atomic mass is 10.2. The Morgan fingerprint density at radius 2 is 2.18 bits per heavy atom. The van der Waals surface area contributed by atoms with Crippen LogP contribution in [0.5, 0.6) is 0 Å². The van der Waals surface area contributed by atoms with Gasteiger partial charge in [0.2, 0.25) is 0 Å². The van der Waals surface area contributed by atoms with Crippen LogP contribution in [0.15, 0.2) is 9.27 Å². The molecule has 1 aliphatic heterocycles. The van der Waals surface area contributed by atoms with E-state index in [0.29, 0.717) is 15.6 Å². The highest BCUT2D eigenvalue weighted by Gasteiger charge is 2.30. The van der Waals surface area contributed by atoms with Gasteiger partial charge in [0, 0.05) is 23.2 Å². The quantitative estimate of drug-likeness (QED) is 0.904. The molecule has 17 heavy (non-hydrogen) atoms. The fourth-order valence-corrected chi connectivity index (χ4v) is 5.05. The van der Waals surface area contributed by atoms with Gasteiger partial charge < -0.3 is 4.98 Å². The van der Waals surface area contributed by atoms with Gasteiger partial charge in [-0.1, -0.05) is 0 Å². The zero-order valence-corrected chi connectivity index (χ0v) is 12.5. The van der Waals surface area contributed by atoms with Crippen LogP contribution in [-0.4, -0.2) is 27.2 Å². The molecule has 1 N–H and O–H groups in total. The summed E-state index contributed by atoms with van der Waals surface area (Å²) in [7, 11) is 0. The maximum absolute atomic E-state index is 11.9. The van der Waals surface area contributed by atoms with Crippen LogP contribution < -0.4 is 5.56 Å². The van der Waals surface area contributed by atoms with Crippen molar-refractivity contribution >= 4 is 39.5 Å². The summed E-state index contributed by atoms with van der Waals surface area (Å²) >= 11 is 7.21. The summed E-state index contributed by atoms with van der Waals surface area (Å²) < 4.78 is 0.636. The van der Waals surface area contributed by atoms with E-state index in [0.717, 1.165) is 23.0 Å². The molecule has 1 aromatic heterocycles. The molecule has 1 saturated carbocycles. The lowest BCUT2D eigenvalue weighted by Gasteiger charge is -2.20. The molecule has 3 rings (SSSR count). The lowest BCUT2D eigenvalue weighted by molar-refractivity contribution is 0.847. The van der Waals surface area contributed by atoms with Gasteiger partial charge in [-0.05, 0) is 28.8 Å². The molecular formula is C11H13BrN2OS2. The van der Waals surface area contributed by atoms with Crippen LogP contribution >= 0.6 is 39.5 Å². The number of aromatic nitrogens is 2. The minimum atomic E-state index is -0.0203. The number of thioether (sulfide) groups is 2. The van der Waals surface area contributed by atoms with Gasteiger partial charge in [-0.2, -0.15) is 11.8 Å². The predicted molar refractivity (Wildman–Crippen MR) is 77.1 cm³/mol. The molecule has 1 aromatic rings. The number of nitrogens with one attached hydrogen (secondary N) is 1. The predicted octanol–water partition coefficient (Wildman–Crippen LogP) is 2.93. The maximum Gasteiger partial charge on any atom is 0.265 e. The van der Waals surface area contributed by atoms with Crippen LogP contribution in [0.2, 0.25) is 0 Å². The minimum Gasteiger partial charge on any atom is -0.309 e. The third-order valence-corrected chi connectivity index (χ3v) is 6.52. The van der Waals surface area contributed by atoms with E-state index >= 15 is 0 Å². The molecule has 0 aromatic carbocycles. The van der Waals surface area contributed by atoms with Gasteiger partial charge in [0.15, 0.2) is 0 Å². The number of halogens is 1. The highest BCUT2D eigenvalue weighted by molar-refractivity contribution is 9.10. The van der Waals surface area contributed by atoms with Crippen molar-refractivity contribution in [3.63, 3.8) is 0 Å². The van der Waals surface area contributed by atoms with Crippen molar-refractivity contribution in [2.24, 2.45) is 0 Å². The summed E-state index contributed by atoms with van der Waals surface area (Å²) in [4.78, 5) is 19.5. The van der Waals surface area contributed by atoms with Crippen molar-refractivity contribution in [1.82, 2.24) is 9.97 Å². The van der Waals surface area contributed by atoms with Gasteiger partial charge in [0.05, 0.1) is 10.9 Å². The zero-order valence-electron chi connectivity index (χ0n) is 9.24. The lowest BCUT2D eigenvalue weighted by Crippen LogP contribution is -2.19. The molecule has 2 heterocycles. The van der Waals surface area contributed by atoms with Crippen LogP contribution in [0.1, 0.15) is 35.5 Å². The molecule has 0 amide bonds. The van der Waals surface area contributed by atoms with Gasteiger partial charge in [0.1, 0.15) is 10.3 Å². The summed E-state index contributed by atoms with van der Waals surface area (Å²) in [6.07, 6.45) is 2.34. The van der Waals surface area contributed by atoms with E-state index in [1.807, 2.05) is 23.5 Å². The Morgan fingerprint density at radius 1 is 1.35 bits per heavy atom. The van der Waals surface area contributed by atoms with Crippen LogP contribution in [-0.2, 0) is 0 Å². The van der Waals surface area contributed by atoms with Gasteiger partial charge in [0.25, 0.3) is 5.56 Å². The molecule has 1 atom stereocenters. The summed E-state index contributed by atoms with van der Waals surface area (Å²) in [5.74, 6) is 4.79. The van der Waals surface area contributed by atoms with Crippen molar-refractivity contribution < 1.29 is 0 Å². The number of hydrogen-bond donors (Lipinski definition) is 1. The standard InChI is InChI=1S/C11H13BrN2OS2/c12-8-9(6-1-2-6)13-10(14-11(8)15)7-5-16-3-4-17-7/h6-7H,1-5H2,(H,13,14,15). The number of hydrogen-bond acceptors (Lipinski definition) is 4. The summed E-state index contributed by atoms with van der Waals surface area (Å²) in [5.41, 5.74) is 0.952. The summed E-state index contributed by atoms with van der Waals surface area (Å²) in [6, 6.07) is 0. The Balaban J connectivity index is 1.96. The van der Waals surface area contributed by atoms with Crippen molar-refractivity contribution in [3.05, 3.63) is 26.3 Å². The molecule has 1 aliphatic carbocycles. The van der Waals surface area contributed by atoms with E-state index in [-0.39, 0.29) is 5.56 Å². The zero-order chi connectivity index (χ0) is 11.8. The summed E-state index contributed by atoms with van der Waals surface area (Å²) in [6.45, 7) is 0. The normalized spacial score (nSPS) is 24.9. The molecule has 2 aliphatic rings. The first-order valence-electron chi connectivity index (χ1n) is 5.74. The molecule has 0 spiro atoms. The van der Waals surface area contributed by atoms with E-state index in [1.165, 1.54) is 18.6 Å². The first kappa shape index (κ1) is 12.1. The van der Waals surface area contributed by atoms with E-state index < -0.39 is 0 Å². The average molecular weight is 333 g/mol. The molecule has 1 unspecified atom stereocenters. The number of nitrogens with zero attached hydrogens (tertiary/aromatic N) is 1. The van der Waals surface area contributed by atoms with Crippen molar-refractivity contribution in [2.75, 3.05) is 17.3 Å². The van der Waals surface area contributed by atoms with Crippen LogP contribution in [0, 0.1) is 0 Å². The van der Waals surface area contributed by atoms with Gasteiger partial charge in [-0.15, -0.1) is 11.8 Å². The van der Waals surface area contributed by atoms with E-state index in [1.54, 1.807) is 0 Å². The Labute approximate surface area is 117 Å². The van der Waals surface area contributed by atoms with Crippen molar-refractivity contribution in [2.45, 2.75) is 24.0 Å². The summed E-state index contributed by atoms with van der Waals surface area (Å²) in [5, 5.41) is 0.354. The second-order valence-corrected chi connectivity index (χ2v) is 7.61. The largest absolute Gasteiger partial charge is 0.309 e. The fourth-order valence-electron chi connectivity index (χ4n) is 1.92. The maximum atomic E-state index is 11.9. The van der Waals surface area contributed by atoms with Crippen LogP contribution in [0.3, 0.4) is 0 Å². The molecule has 2 fully saturated rings. The molecule has 6 heteroatoms.